The fourth-order valence-corrected chi connectivity index (χ4v) is 2.49. The Labute approximate surface area is 134 Å². The number of hydrogen-bond acceptors (Lipinski definition) is 5. The lowest BCUT2D eigenvalue weighted by molar-refractivity contribution is 0.0915. The molecule has 2 N–H and O–H groups in total. The van der Waals surface area contributed by atoms with Gasteiger partial charge in [0.2, 0.25) is 5.88 Å². The topological polar surface area (TPSA) is 71.5 Å². The van der Waals surface area contributed by atoms with Crippen LogP contribution in [0, 0.1) is 0 Å². The van der Waals surface area contributed by atoms with E-state index in [0.29, 0.717) is 11.4 Å². The van der Waals surface area contributed by atoms with E-state index in [1.807, 2.05) is 30.7 Å². The molecule has 2 aromatic heterocycles. The number of pyridine rings is 1. The predicted molar refractivity (Wildman–Crippen MR) is 86.2 cm³/mol. The molecule has 0 aliphatic heterocycles. The van der Waals surface area contributed by atoms with E-state index in [2.05, 4.69) is 10.3 Å². The summed E-state index contributed by atoms with van der Waals surface area (Å²) in [7, 11) is 0. The first-order valence-corrected chi connectivity index (χ1v) is 8.15. The summed E-state index contributed by atoms with van der Waals surface area (Å²) in [5, 5.41) is 16.4. The molecule has 2 rings (SSSR count). The molecule has 0 saturated heterocycles. The molecule has 1 amide bonds. The van der Waals surface area contributed by atoms with Crippen molar-refractivity contribution in [3.05, 3.63) is 46.3 Å². The third-order valence-corrected chi connectivity index (χ3v) is 3.98. The van der Waals surface area contributed by atoms with Crippen LogP contribution in [-0.4, -0.2) is 28.6 Å². The molecule has 2 aromatic rings. The van der Waals surface area contributed by atoms with Crippen LogP contribution < -0.4 is 10.1 Å². The molecule has 2 atom stereocenters. The average molecular weight is 320 g/mol. The van der Waals surface area contributed by atoms with Gasteiger partial charge in [-0.2, -0.15) is 11.3 Å². The summed E-state index contributed by atoms with van der Waals surface area (Å²) in [6, 6.07) is 5.07. The first-order chi connectivity index (χ1) is 10.6. The number of carbonyl (C=O) groups excluding carboxylic acids is 1. The van der Waals surface area contributed by atoms with E-state index in [0.717, 1.165) is 12.0 Å². The van der Waals surface area contributed by atoms with Crippen LogP contribution in [0.5, 0.6) is 5.88 Å². The molecule has 2 unspecified atom stereocenters. The van der Waals surface area contributed by atoms with E-state index in [1.54, 1.807) is 18.3 Å². The molecule has 2 heterocycles. The fourth-order valence-electron chi connectivity index (χ4n) is 1.78. The second-order valence-electron chi connectivity index (χ2n) is 5.00. The number of thiophene rings is 1. The third-order valence-electron chi connectivity index (χ3n) is 3.28. The van der Waals surface area contributed by atoms with Gasteiger partial charge in [0.15, 0.2) is 0 Å². The van der Waals surface area contributed by atoms with Gasteiger partial charge in [0, 0.05) is 24.4 Å². The number of nitrogens with one attached hydrogen (secondary N) is 1. The van der Waals surface area contributed by atoms with Crippen LogP contribution in [0.15, 0.2) is 35.2 Å². The molecule has 0 aromatic carbocycles. The lowest BCUT2D eigenvalue weighted by Crippen LogP contribution is -2.28. The van der Waals surface area contributed by atoms with Crippen LogP contribution in [0.25, 0.3) is 0 Å². The van der Waals surface area contributed by atoms with Gasteiger partial charge in [0.05, 0.1) is 12.2 Å². The van der Waals surface area contributed by atoms with E-state index < -0.39 is 6.10 Å². The zero-order valence-corrected chi connectivity index (χ0v) is 13.5. The summed E-state index contributed by atoms with van der Waals surface area (Å²) in [5.41, 5.74) is 1.27. The number of nitrogens with zero attached hydrogens (tertiary/aromatic N) is 1. The van der Waals surface area contributed by atoms with Crippen LogP contribution in [0.3, 0.4) is 0 Å². The number of aromatic nitrogens is 1. The fraction of sp³-hybridized carbons (Fsp3) is 0.375. The molecule has 0 fully saturated rings. The first kappa shape index (κ1) is 16.5. The van der Waals surface area contributed by atoms with Crippen molar-refractivity contribution in [3.8, 4) is 5.88 Å². The van der Waals surface area contributed by atoms with Crippen molar-refractivity contribution in [2.24, 2.45) is 0 Å². The molecular weight excluding hydrogens is 300 g/mol. The second-order valence-corrected chi connectivity index (χ2v) is 5.78. The monoisotopic (exact) mass is 320 g/mol. The Morgan fingerprint density at radius 1 is 1.50 bits per heavy atom. The van der Waals surface area contributed by atoms with Gasteiger partial charge in [-0.1, -0.05) is 6.92 Å². The van der Waals surface area contributed by atoms with Gasteiger partial charge in [0.1, 0.15) is 0 Å². The number of ether oxygens (including phenoxy) is 1. The first-order valence-electron chi connectivity index (χ1n) is 7.21. The smallest absolute Gasteiger partial charge is 0.251 e. The van der Waals surface area contributed by atoms with Crippen LogP contribution in [0.1, 0.15) is 42.3 Å². The minimum absolute atomic E-state index is 0.0474. The van der Waals surface area contributed by atoms with Crippen molar-refractivity contribution in [3.63, 3.8) is 0 Å². The van der Waals surface area contributed by atoms with E-state index in [-0.39, 0.29) is 18.6 Å². The highest BCUT2D eigenvalue weighted by Crippen LogP contribution is 2.16. The van der Waals surface area contributed by atoms with Crippen molar-refractivity contribution >= 4 is 17.2 Å². The Balaban J connectivity index is 1.93. The van der Waals surface area contributed by atoms with Gasteiger partial charge >= 0.3 is 0 Å². The van der Waals surface area contributed by atoms with Gasteiger partial charge < -0.3 is 15.2 Å². The lowest BCUT2D eigenvalue weighted by atomic mass is 10.2. The van der Waals surface area contributed by atoms with E-state index in [1.165, 1.54) is 11.3 Å². The van der Waals surface area contributed by atoms with E-state index >= 15 is 0 Å². The van der Waals surface area contributed by atoms with Crippen LogP contribution in [0.4, 0.5) is 0 Å². The molecule has 118 valence electrons. The zero-order chi connectivity index (χ0) is 15.9. The zero-order valence-electron chi connectivity index (χ0n) is 12.7. The number of aliphatic hydroxyl groups excluding tert-OH is 1. The van der Waals surface area contributed by atoms with Gasteiger partial charge in [0.25, 0.3) is 5.91 Å². The highest BCUT2D eigenvalue weighted by Gasteiger charge is 2.12. The van der Waals surface area contributed by atoms with Gasteiger partial charge in [-0.15, -0.1) is 0 Å². The van der Waals surface area contributed by atoms with Crippen molar-refractivity contribution < 1.29 is 14.6 Å². The number of aliphatic hydroxyl groups is 1. The molecule has 0 aliphatic rings. The highest BCUT2D eigenvalue weighted by molar-refractivity contribution is 7.07. The minimum Gasteiger partial charge on any atom is -0.475 e. The Morgan fingerprint density at radius 3 is 3.00 bits per heavy atom. The summed E-state index contributed by atoms with van der Waals surface area (Å²) >= 11 is 1.51. The highest BCUT2D eigenvalue weighted by atomic mass is 32.1. The van der Waals surface area contributed by atoms with Gasteiger partial charge in [-0.05, 0) is 41.8 Å². The van der Waals surface area contributed by atoms with E-state index in [9.17, 15) is 9.90 Å². The second kappa shape index (κ2) is 7.91. The summed E-state index contributed by atoms with van der Waals surface area (Å²) in [4.78, 5) is 16.2. The van der Waals surface area contributed by atoms with E-state index in [4.69, 9.17) is 4.74 Å². The predicted octanol–water partition coefficient (Wildman–Crippen LogP) is 2.78. The molecular formula is C16H20N2O3S. The summed E-state index contributed by atoms with van der Waals surface area (Å²) in [5.74, 6) is 0.172. The number of amides is 1. The Bertz CT molecular complexity index is 601. The number of carbonyl (C=O) groups is 1. The van der Waals surface area contributed by atoms with Crippen molar-refractivity contribution in [1.82, 2.24) is 10.3 Å². The van der Waals surface area contributed by atoms with Gasteiger partial charge in [-0.25, -0.2) is 4.98 Å². The quantitative estimate of drug-likeness (QED) is 0.823. The average Bonchev–Trinajstić information content (AvgIpc) is 3.07. The summed E-state index contributed by atoms with van der Waals surface area (Å²) in [6.07, 6.45) is 1.76. The largest absolute Gasteiger partial charge is 0.475 e. The Morgan fingerprint density at radius 2 is 2.32 bits per heavy atom. The van der Waals surface area contributed by atoms with Crippen LogP contribution in [-0.2, 0) is 0 Å². The molecule has 0 aliphatic carbocycles. The molecule has 0 radical (unpaired) electrons. The lowest BCUT2D eigenvalue weighted by Gasteiger charge is -2.13. The molecule has 0 spiro atoms. The van der Waals surface area contributed by atoms with Gasteiger partial charge in [-0.3, -0.25) is 4.79 Å². The number of hydrogen-bond donors (Lipinski definition) is 2. The molecule has 0 bridgehead atoms. The molecule has 6 heteroatoms. The SMILES string of the molecule is CCC(C)Oc1cc(C(=O)NCC(O)c2ccsc2)ccn1. The number of rotatable bonds is 7. The molecule has 0 saturated carbocycles. The van der Waals surface area contributed by atoms with Crippen LogP contribution >= 0.6 is 11.3 Å². The summed E-state index contributed by atoms with van der Waals surface area (Å²) in [6.45, 7) is 4.14. The van der Waals surface area contributed by atoms with Crippen molar-refractivity contribution in [1.29, 1.82) is 0 Å². The van der Waals surface area contributed by atoms with Crippen LogP contribution in [0.2, 0.25) is 0 Å². The maximum absolute atomic E-state index is 12.1. The minimum atomic E-state index is -0.701. The van der Waals surface area contributed by atoms with Crippen molar-refractivity contribution in [2.75, 3.05) is 6.54 Å². The Kier molecular flexibility index (Phi) is 5.91. The maximum atomic E-state index is 12.1. The molecule has 22 heavy (non-hydrogen) atoms. The standard InChI is InChI=1S/C16H20N2O3S/c1-3-11(2)21-15-8-12(4-6-17-15)16(20)18-9-14(19)13-5-7-22-10-13/h4-8,10-11,14,19H,3,9H2,1-2H3,(H,18,20). The maximum Gasteiger partial charge on any atom is 0.251 e. The summed E-state index contributed by atoms with van der Waals surface area (Å²) < 4.78 is 5.60. The third kappa shape index (κ3) is 4.54. The molecule has 5 nitrogen and oxygen atoms in total. The van der Waals surface area contributed by atoms with Crippen molar-refractivity contribution in [2.45, 2.75) is 32.5 Å². The normalized spacial score (nSPS) is 13.4. The Hall–Kier alpha value is -1.92.